The number of carbonyl (C=O) groups is 3. The average molecular weight is 807 g/mol. The fourth-order valence-electron chi connectivity index (χ4n) is 8.16. The molecule has 3 amide bonds. The van der Waals surface area contributed by atoms with Crippen LogP contribution in [-0.2, 0) is 24.1 Å². The minimum absolute atomic E-state index is 0.122. The number of carbonyl (C=O) groups excluding carboxylic acids is 3. The molecule has 2 aliphatic heterocycles. The lowest BCUT2D eigenvalue weighted by molar-refractivity contribution is -0.188. The van der Waals surface area contributed by atoms with Crippen LogP contribution in [0, 0.1) is 0 Å². The van der Waals surface area contributed by atoms with Crippen LogP contribution in [0.5, 0.6) is 0 Å². The number of nitrogens with zero attached hydrogens (tertiary/aromatic N) is 5. The van der Waals surface area contributed by atoms with Crippen molar-refractivity contribution in [2.75, 3.05) is 27.3 Å². The van der Waals surface area contributed by atoms with E-state index in [0.29, 0.717) is 18.7 Å². The Morgan fingerprint density at radius 2 is 1.17 bits per heavy atom. The molecular weight excluding hydrogens is 761 g/mol. The standard InChI is InChI=1S/C46H46N8O6/c1-58-46(57)48-43(35-13-7-4-8-14-35)45(56)54-26-10-16-41(54)39-28-37(50-52-39)33-23-19-31(20-24-33)30-17-21-32(22-18-30)36-27-38(51-49-36)40-15-9-25-53(40)44(55)42(47-29-60-59-2)34-11-5-3-6-12-34/h3-8,11-14,17-24,27-29,40-43H,9-10,15-16,25-26H2,1-2H3,(H,48,57)(H,49,51)(H,50,52)/b47-29+/t40-,41-,42+,43+/m0/s1. The van der Waals surface area contributed by atoms with Crippen LogP contribution in [0.15, 0.2) is 126 Å². The number of ether oxygens (including phenoxy) is 1. The molecule has 0 saturated carbocycles. The van der Waals surface area contributed by atoms with Crippen molar-refractivity contribution >= 4 is 24.3 Å². The number of alkyl carbamates (subject to hydrolysis) is 1. The number of H-pyrrole nitrogens is 2. The molecule has 60 heavy (non-hydrogen) atoms. The van der Waals surface area contributed by atoms with Crippen LogP contribution < -0.4 is 5.32 Å². The third-order valence-corrected chi connectivity index (χ3v) is 11.2. The molecule has 3 N–H and O–H groups in total. The smallest absolute Gasteiger partial charge is 0.407 e. The van der Waals surface area contributed by atoms with E-state index in [1.54, 1.807) is 4.90 Å². The topological polar surface area (TPSA) is 167 Å². The number of hydrogen-bond acceptors (Lipinski definition) is 9. The molecule has 8 rings (SSSR count). The lowest BCUT2D eigenvalue weighted by atomic mass is 10.00. The minimum atomic E-state index is -0.876. The highest BCUT2D eigenvalue weighted by Gasteiger charge is 2.38. The van der Waals surface area contributed by atoms with Gasteiger partial charge in [0.2, 0.25) is 12.3 Å². The van der Waals surface area contributed by atoms with Crippen molar-refractivity contribution in [3.63, 3.8) is 0 Å². The SMILES string of the molecule is COO/C=N/[C@@H](C(=O)N1CCC[C@H]1c1cc(-c2ccc(-c3ccc(-c4cc([C@@H]5CCCN5C(=O)[C@H](NC(=O)OC)c5ccccc5)n[nH]4)cc3)cc2)[nH]n1)c1ccccc1. The number of aromatic nitrogens is 4. The summed E-state index contributed by atoms with van der Waals surface area (Å²) < 4.78 is 4.83. The van der Waals surface area contributed by atoms with Crippen LogP contribution in [0.25, 0.3) is 33.6 Å². The first kappa shape index (κ1) is 39.8. The van der Waals surface area contributed by atoms with Gasteiger partial charge in [-0.3, -0.25) is 19.8 Å². The van der Waals surface area contributed by atoms with Gasteiger partial charge < -0.3 is 24.7 Å². The van der Waals surface area contributed by atoms with E-state index in [1.807, 2.05) is 77.7 Å². The van der Waals surface area contributed by atoms with E-state index in [2.05, 4.69) is 84.1 Å². The zero-order valence-corrected chi connectivity index (χ0v) is 33.4. The van der Waals surface area contributed by atoms with Gasteiger partial charge in [0.15, 0.2) is 6.04 Å². The summed E-state index contributed by atoms with van der Waals surface area (Å²) in [4.78, 5) is 57.6. The predicted octanol–water partition coefficient (Wildman–Crippen LogP) is 7.91. The number of hydrogen-bond donors (Lipinski definition) is 3. The third kappa shape index (κ3) is 8.54. The normalized spacial score (nSPS) is 17.4. The van der Waals surface area contributed by atoms with Gasteiger partial charge in [0.25, 0.3) is 5.91 Å². The van der Waals surface area contributed by atoms with Crippen LogP contribution in [0.4, 0.5) is 4.79 Å². The molecule has 2 fully saturated rings. The molecule has 6 aromatic rings. The Bertz CT molecular complexity index is 2420. The van der Waals surface area contributed by atoms with E-state index in [9.17, 15) is 14.4 Å². The van der Waals surface area contributed by atoms with Crippen LogP contribution in [-0.4, -0.2) is 81.8 Å². The number of aliphatic imine (C=N–C) groups is 1. The van der Waals surface area contributed by atoms with Gasteiger partial charge in [-0.1, -0.05) is 109 Å². The Morgan fingerprint density at radius 3 is 1.67 bits per heavy atom. The molecule has 4 atom stereocenters. The molecule has 2 aromatic heterocycles. The Hall–Kier alpha value is -7.06. The number of amides is 3. The van der Waals surface area contributed by atoms with E-state index < -0.39 is 18.2 Å². The molecule has 306 valence electrons. The number of rotatable bonds is 13. The fraction of sp³-hybridized carbons (Fsp3) is 0.261. The summed E-state index contributed by atoms with van der Waals surface area (Å²) in [5, 5.41) is 18.4. The number of benzene rings is 4. The van der Waals surface area contributed by atoms with Crippen LogP contribution in [0.2, 0.25) is 0 Å². The summed E-state index contributed by atoms with van der Waals surface area (Å²) in [5.41, 5.74) is 8.80. The molecule has 0 spiro atoms. The molecule has 0 aliphatic carbocycles. The van der Waals surface area contributed by atoms with Crippen LogP contribution in [0.1, 0.15) is 72.4 Å². The third-order valence-electron chi connectivity index (χ3n) is 11.2. The molecule has 0 radical (unpaired) electrons. The van der Waals surface area contributed by atoms with E-state index in [1.165, 1.54) is 14.2 Å². The van der Waals surface area contributed by atoms with Crippen LogP contribution >= 0.6 is 0 Å². The second-order valence-corrected chi connectivity index (χ2v) is 14.8. The highest BCUT2D eigenvalue weighted by atomic mass is 17.2. The summed E-state index contributed by atoms with van der Waals surface area (Å²) in [6.45, 7) is 1.17. The highest BCUT2D eigenvalue weighted by molar-refractivity contribution is 5.88. The number of nitrogens with one attached hydrogen (secondary N) is 3. The summed E-state index contributed by atoms with van der Waals surface area (Å²) >= 11 is 0. The highest BCUT2D eigenvalue weighted by Crippen LogP contribution is 2.37. The Kier molecular flexibility index (Phi) is 12.1. The molecule has 4 aromatic carbocycles. The zero-order valence-electron chi connectivity index (χ0n) is 33.4. The second kappa shape index (κ2) is 18.2. The van der Waals surface area contributed by atoms with Crippen molar-refractivity contribution in [1.29, 1.82) is 0 Å². The van der Waals surface area contributed by atoms with Gasteiger partial charge in [0.1, 0.15) is 6.04 Å². The van der Waals surface area contributed by atoms with Gasteiger partial charge in [-0.2, -0.15) is 15.1 Å². The molecule has 2 aliphatic rings. The Morgan fingerprint density at radius 1 is 0.683 bits per heavy atom. The molecular formula is C46H46N8O6. The van der Waals surface area contributed by atoms with Crippen molar-refractivity contribution in [2.45, 2.75) is 49.9 Å². The maximum Gasteiger partial charge on any atom is 0.407 e. The maximum atomic E-state index is 13.9. The first-order valence-electron chi connectivity index (χ1n) is 20.0. The largest absolute Gasteiger partial charge is 0.453 e. The van der Waals surface area contributed by atoms with Crippen molar-refractivity contribution in [3.05, 3.63) is 144 Å². The van der Waals surface area contributed by atoms with Gasteiger partial charge in [-0.25, -0.2) is 9.79 Å². The van der Waals surface area contributed by atoms with Crippen LogP contribution in [0.3, 0.4) is 0 Å². The minimum Gasteiger partial charge on any atom is -0.453 e. The van der Waals surface area contributed by atoms with Gasteiger partial charge in [0.05, 0.1) is 49.1 Å². The summed E-state index contributed by atoms with van der Waals surface area (Å²) in [7, 11) is 2.67. The van der Waals surface area contributed by atoms with E-state index >= 15 is 0 Å². The Labute approximate surface area is 347 Å². The maximum absolute atomic E-state index is 13.9. The first-order valence-corrected chi connectivity index (χ1v) is 20.0. The average Bonchev–Trinajstić information content (AvgIpc) is 4.15. The predicted molar refractivity (Wildman–Crippen MR) is 225 cm³/mol. The van der Waals surface area contributed by atoms with Crippen molar-refractivity contribution in [3.8, 4) is 33.6 Å². The van der Waals surface area contributed by atoms with E-state index in [0.717, 1.165) is 82.7 Å². The fourth-order valence-corrected chi connectivity index (χ4v) is 8.16. The molecule has 0 unspecified atom stereocenters. The number of aromatic amines is 2. The van der Waals surface area contributed by atoms with E-state index in [4.69, 9.17) is 9.62 Å². The second-order valence-electron chi connectivity index (χ2n) is 14.8. The Balaban J connectivity index is 0.927. The van der Waals surface area contributed by atoms with Gasteiger partial charge >= 0.3 is 6.09 Å². The number of likely N-dealkylation sites (tertiary alicyclic amines) is 2. The van der Waals surface area contributed by atoms with Gasteiger partial charge in [0, 0.05) is 13.1 Å². The summed E-state index contributed by atoms with van der Waals surface area (Å²) in [6, 6.07) is 37.1. The van der Waals surface area contributed by atoms with Crippen molar-refractivity contribution < 1.29 is 28.9 Å². The monoisotopic (exact) mass is 806 g/mol. The summed E-state index contributed by atoms with van der Waals surface area (Å²) in [5.74, 6) is -0.327. The molecule has 14 heteroatoms. The molecule has 2 saturated heterocycles. The molecule has 0 bridgehead atoms. The quantitative estimate of drug-likeness (QED) is 0.0458. The lowest BCUT2D eigenvalue weighted by Gasteiger charge is -2.28. The van der Waals surface area contributed by atoms with Gasteiger partial charge in [-0.05, 0) is 71.2 Å². The first-order chi connectivity index (χ1) is 29.4. The lowest BCUT2D eigenvalue weighted by Crippen LogP contribution is -2.42. The van der Waals surface area contributed by atoms with Crippen molar-refractivity contribution in [1.82, 2.24) is 35.5 Å². The van der Waals surface area contributed by atoms with Gasteiger partial charge in [-0.15, -0.1) is 0 Å². The molecule has 14 nitrogen and oxygen atoms in total. The number of methoxy groups -OCH3 is 1. The van der Waals surface area contributed by atoms with E-state index in [-0.39, 0.29) is 23.9 Å². The molecule has 4 heterocycles. The zero-order chi connectivity index (χ0) is 41.4. The summed E-state index contributed by atoms with van der Waals surface area (Å²) in [6.07, 6.45) is 3.74. The van der Waals surface area contributed by atoms with Crippen molar-refractivity contribution in [2.24, 2.45) is 4.99 Å².